The van der Waals surface area contributed by atoms with Gasteiger partial charge in [0, 0.05) is 10.0 Å². The lowest BCUT2D eigenvalue weighted by Crippen LogP contribution is -2.18. The number of hydrogen-bond acceptors (Lipinski definition) is 4. The fourth-order valence-corrected chi connectivity index (χ4v) is 1.53. The maximum Gasteiger partial charge on any atom is 0.223 e. The molecule has 0 aliphatic carbocycles. The molecule has 1 heterocycles. The molecule has 0 fully saturated rings. The highest BCUT2D eigenvalue weighted by Crippen LogP contribution is 2.13. The third-order valence-electron chi connectivity index (χ3n) is 2.07. The molecule has 16 heavy (non-hydrogen) atoms. The predicted molar refractivity (Wildman–Crippen MR) is 64.3 cm³/mol. The highest BCUT2D eigenvalue weighted by Gasteiger charge is 2.11. The quantitative estimate of drug-likeness (QED) is 0.834. The van der Waals surface area contributed by atoms with Crippen LogP contribution < -0.4 is 0 Å². The lowest BCUT2D eigenvalue weighted by Gasteiger charge is -2.12. The third-order valence-corrected chi connectivity index (χ3v) is 2.59. The highest BCUT2D eigenvalue weighted by atomic mass is 79.9. The van der Waals surface area contributed by atoms with Gasteiger partial charge >= 0.3 is 0 Å². The van der Waals surface area contributed by atoms with Gasteiger partial charge in [0.25, 0.3) is 0 Å². The lowest BCUT2D eigenvalue weighted by atomic mass is 10.1. The van der Waals surface area contributed by atoms with E-state index in [2.05, 4.69) is 26.1 Å². The van der Waals surface area contributed by atoms with Crippen LogP contribution in [0.5, 0.6) is 0 Å². The SMILES string of the molecule is N#CCC1=NN=C(c2ccc(Br)cc2)CO1. The molecule has 0 saturated heterocycles. The number of benzene rings is 1. The van der Waals surface area contributed by atoms with Crippen molar-refractivity contribution in [3.8, 4) is 6.07 Å². The van der Waals surface area contributed by atoms with Gasteiger partial charge in [-0.1, -0.05) is 28.1 Å². The molecule has 5 heteroatoms. The second-order valence-corrected chi connectivity index (χ2v) is 4.09. The fourth-order valence-electron chi connectivity index (χ4n) is 1.26. The summed E-state index contributed by atoms with van der Waals surface area (Å²) in [6.45, 7) is 0.363. The van der Waals surface area contributed by atoms with Crippen molar-refractivity contribution in [2.75, 3.05) is 6.61 Å². The lowest BCUT2D eigenvalue weighted by molar-refractivity contribution is 0.349. The molecule has 1 aromatic rings. The molecular formula is C11H8BrN3O. The fraction of sp³-hybridized carbons (Fsp3) is 0.182. The second-order valence-electron chi connectivity index (χ2n) is 3.17. The molecule has 1 aromatic carbocycles. The first-order valence-corrected chi connectivity index (χ1v) is 5.48. The molecule has 0 amide bonds. The van der Waals surface area contributed by atoms with Gasteiger partial charge in [0.2, 0.25) is 5.90 Å². The summed E-state index contributed by atoms with van der Waals surface area (Å²) >= 11 is 3.36. The molecule has 0 bridgehead atoms. The van der Waals surface area contributed by atoms with Crippen molar-refractivity contribution in [2.24, 2.45) is 10.2 Å². The molecule has 1 aliphatic rings. The summed E-state index contributed by atoms with van der Waals surface area (Å²) in [5.74, 6) is 0.378. The summed E-state index contributed by atoms with van der Waals surface area (Å²) in [5.41, 5.74) is 1.75. The first-order valence-electron chi connectivity index (χ1n) is 4.68. The average molecular weight is 278 g/mol. The summed E-state index contributed by atoms with van der Waals surface area (Å²) < 4.78 is 6.32. The molecule has 0 spiro atoms. The van der Waals surface area contributed by atoms with Gasteiger partial charge in [0.1, 0.15) is 18.7 Å². The summed E-state index contributed by atoms with van der Waals surface area (Å²) in [5, 5.41) is 16.4. The Hall–Kier alpha value is -1.67. The Kier molecular flexibility index (Phi) is 3.32. The van der Waals surface area contributed by atoms with Gasteiger partial charge in [-0.15, -0.1) is 10.2 Å². The molecule has 0 N–H and O–H groups in total. The molecule has 2 rings (SSSR count). The number of nitrogens with zero attached hydrogens (tertiary/aromatic N) is 3. The summed E-state index contributed by atoms with van der Waals surface area (Å²) in [4.78, 5) is 0. The van der Waals surface area contributed by atoms with Crippen LogP contribution in [0.3, 0.4) is 0 Å². The van der Waals surface area contributed by atoms with E-state index in [0.717, 1.165) is 15.7 Å². The van der Waals surface area contributed by atoms with E-state index in [1.807, 2.05) is 30.3 Å². The van der Waals surface area contributed by atoms with Gasteiger partial charge in [-0.25, -0.2) is 0 Å². The van der Waals surface area contributed by atoms with Crippen molar-refractivity contribution in [1.82, 2.24) is 0 Å². The normalized spacial score (nSPS) is 14.5. The maximum atomic E-state index is 8.47. The number of nitriles is 1. The zero-order valence-electron chi connectivity index (χ0n) is 8.35. The van der Waals surface area contributed by atoms with Crippen LogP contribution in [0.4, 0.5) is 0 Å². The van der Waals surface area contributed by atoms with Crippen molar-refractivity contribution >= 4 is 27.5 Å². The van der Waals surface area contributed by atoms with E-state index in [9.17, 15) is 0 Å². The van der Waals surface area contributed by atoms with Crippen molar-refractivity contribution < 1.29 is 4.74 Å². The molecule has 1 aliphatic heterocycles. The molecule has 0 saturated carbocycles. The van der Waals surface area contributed by atoms with Gasteiger partial charge in [-0.3, -0.25) is 0 Å². The molecule has 4 nitrogen and oxygen atoms in total. The number of rotatable bonds is 2. The maximum absolute atomic E-state index is 8.47. The Morgan fingerprint density at radius 3 is 2.62 bits per heavy atom. The van der Waals surface area contributed by atoms with E-state index in [1.165, 1.54) is 0 Å². The summed E-state index contributed by atoms with van der Waals surface area (Å²) in [7, 11) is 0. The zero-order valence-corrected chi connectivity index (χ0v) is 9.94. The summed E-state index contributed by atoms with van der Waals surface area (Å²) in [6.07, 6.45) is 0.164. The van der Waals surface area contributed by atoms with Crippen LogP contribution in [0.2, 0.25) is 0 Å². The third kappa shape index (κ3) is 2.47. The Morgan fingerprint density at radius 1 is 1.31 bits per heavy atom. The Balaban J connectivity index is 2.19. The van der Waals surface area contributed by atoms with Crippen molar-refractivity contribution in [2.45, 2.75) is 6.42 Å². The largest absolute Gasteiger partial charge is 0.472 e. The average Bonchev–Trinajstić information content (AvgIpc) is 2.32. The number of ether oxygens (including phenoxy) is 1. The van der Waals surface area contributed by atoms with E-state index in [-0.39, 0.29) is 6.42 Å². The molecule has 0 unspecified atom stereocenters. The standard InChI is InChI=1S/C11H8BrN3O/c12-9-3-1-8(2-4-9)10-7-16-11(5-6-13)15-14-10/h1-4H,5,7H2. The van der Waals surface area contributed by atoms with Crippen LogP contribution in [0.1, 0.15) is 12.0 Å². The first-order chi connectivity index (χ1) is 7.79. The second kappa shape index (κ2) is 4.90. The van der Waals surface area contributed by atoms with Crippen LogP contribution in [0.15, 0.2) is 38.9 Å². The summed E-state index contributed by atoms with van der Waals surface area (Å²) in [6, 6.07) is 9.73. The van der Waals surface area contributed by atoms with E-state index in [4.69, 9.17) is 10.00 Å². The minimum Gasteiger partial charge on any atom is -0.472 e. The minimum atomic E-state index is 0.164. The minimum absolute atomic E-state index is 0.164. The Labute approximate surface area is 101 Å². The van der Waals surface area contributed by atoms with Crippen LogP contribution in [0.25, 0.3) is 0 Å². The molecule has 80 valence electrons. The van der Waals surface area contributed by atoms with E-state index < -0.39 is 0 Å². The van der Waals surface area contributed by atoms with Gasteiger partial charge in [0.15, 0.2) is 0 Å². The van der Waals surface area contributed by atoms with Gasteiger partial charge in [0.05, 0.1) is 6.07 Å². The van der Waals surface area contributed by atoms with Gasteiger partial charge in [-0.05, 0) is 12.1 Å². The topological polar surface area (TPSA) is 57.7 Å². The molecular weight excluding hydrogens is 270 g/mol. The van der Waals surface area contributed by atoms with Crippen molar-refractivity contribution in [3.63, 3.8) is 0 Å². The predicted octanol–water partition coefficient (Wildman–Crippen LogP) is 2.50. The number of hydrogen-bond donors (Lipinski definition) is 0. The van der Waals surface area contributed by atoms with Crippen LogP contribution in [-0.4, -0.2) is 18.2 Å². The highest BCUT2D eigenvalue weighted by molar-refractivity contribution is 9.10. The van der Waals surface area contributed by atoms with Gasteiger partial charge < -0.3 is 4.74 Å². The van der Waals surface area contributed by atoms with Gasteiger partial charge in [-0.2, -0.15) is 5.26 Å². The van der Waals surface area contributed by atoms with E-state index in [0.29, 0.717) is 12.5 Å². The smallest absolute Gasteiger partial charge is 0.223 e. The first kappa shape index (κ1) is 10.8. The van der Waals surface area contributed by atoms with Crippen LogP contribution in [0, 0.1) is 11.3 Å². The Bertz CT molecular complexity index is 485. The number of halogens is 1. The van der Waals surface area contributed by atoms with Crippen molar-refractivity contribution in [3.05, 3.63) is 34.3 Å². The van der Waals surface area contributed by atoms with E-state index >= 15 is 0 Å². The molecule has 0 atom stereocenters. The van der Waals surface area contributed by atoms with E-state index in [1.54, 1.807) is 0 Å². The van der Waals surface area contributed by atoms with Crippen LogP contribution >= 0.6 is 15.9 Å². The monoisotopic (exact) mass is 277 g/mol. The Morgan fingerprint density at radius 2 is 2.06 bits per heavy atom. The zero-order chi connectivity index (χ0) is 11.4. The van der Waals surface area contributed by atoms with Crippen LogP contribution in [-0.2, 0) is 4.74 Å². The molecule has 0 radical (unpaired) electrons. The van der Waals surface area contributed by atoms with Crippen molar-refractivity contribution in [1.29, 1.82) is 5.26 Å². The molecule has 0 aromatic heterocycles.